The molecular weight excluding hydrogens is 366 g/mol. The highest BCUT2D eigenvalue weighted by Gasteiger charge is 2.22. The molecule has 1 aliphatic heterocycles. The average molecular weight is 388 g/mol. The van der Waals surface area contributed by atoms with E-state index in [0.717, 1.165) is 47.5 Å². The summed E-state index contributed by atoms with van der Waals surface area (Å²) < 4.78 is 10.8. The van der Waals surface area contributed by atoms with Crippen LogP contribution in [0.15, 0.2) is 48.6 Å². The minimum absolute atomic E-state index is 0.398. The van der Waals surface area contributed by atoms with Crippen LogP contribution in [0.2, 0.25) is 5.02 Å². The molecule has 0 radical (unpaired) electrons. The number of fused-ring (bicyclic) bond motifs is 1. The summed E-state index contributed by atoms with van der Waals surface area (Å²) in [5.41, 5.74) is 3.80. The first-order valence-electron chi connectivity index (χ1n) is 8.77. The van der Waals surface area contributed by atoms with Gasteiger partial charge < -0.3 is 19.5 Å². The molecule has 0 saturated carbocycles. The maximum atomic E-state index is 11.0. The summed E-state index contributed by atoms with van der Waals surface area (Å²) in [6.07, 6.45) is 0.394. The van der Waals surface area contributed by atoms with Crippen molar-refractivity contribution >= 4 is 23.4 Å². The topological polar surface area (TPSA) is 59.0 Å². The standard InChI is InChI=1S/C21H22ClNO4/c1-14(2)13-26-19-9-8-16(22)11-15(19)12-23-10-4-5-17-18(23)6-3-7-20(17)27-21(24)25/h3,6-9,11H,1,4-5,10,12-13H2,2H3,(H,24,25). The minimum Gasteiger partial charge on any atom is -0.489 e. The van der Waals surface area contributed by atoms with Crippen LogP contribution in [-0.2, 0) is 13.0 Å². The predicted octanol–water partition coefficient (Wildman–Crippen LogP) is 5.30. The zero-order valence-electron chi connectivity index (χ0n) is 15.2. The molecule has 0 spiro atoms. The number of benzene rings is 2. The van der Waals surface area contributed by atoms with E-state index < -0.39 is 6.16 Å². The van der Waals surface area contributed by atoms with Crippen molar-refractivity contribution in [2.24, 2.45) is 0 Å². The van der Waals surface area contributed by atoms with Gasteiger partial charge in [-0.25, -0.2) is 4.79 Å². The van der Waals surface area contributed by atoms with Gasteiger partial charge >= 0.3 is 6.16 Å². The first-order chi connectivity index (χ1) is 12.9. The first kappa shape index (κ1) is 19.1. The lowest BCUT2D eigenvalue weighted by Gasteiger charge is -2.32. The highest BCUT2D eigenvalue weighted by molar-refractivity contribution is 6.30. The third-order valence-electron chi connectivity index (χ3n) is 4.36. The SMILES string of the molecule is C=C(C)COc1ccc(Cl)cc1CN1CCCc2c(OC(=O)O)cccc21. The second-order valence-electron chi connectivity index (χ2n) is 6.64. The number of rotatable bonds is 6. The number of hydrogen-bond donors (Lipinski definition) is 1. The van der Waals surface area contributed by atoms with E-state index in [0.29, 0.717) is 23.9 Å². The number of halogens is 1. The van der Waals surface area contributed by atoms with Gasteiger partial charge in [0.15, 0.2) is 0 Å². The van der Waals surface area contributed by atoms with Crippen molar-refractivity contribution < 1.29 is 19.4 Å². The van der Waals surface area contributed by atoms with Crippen LogP contribution in [0.1, 0.15) is 24.5 Å². The van der Waals surface area contributed by atoms with Gasteiger partial charge in [0.25, 0.3) is 0 Å². The molecule has 0 aromatic heterocycles. The molecule has 0 bridgehead atoms. The van der Waals surface area contributed by atoms with Crippen LogP contribution in [0.3, 0.4) is 0 Å². The van der Waals surface area contributed by atoms with Crippen molar-refractivity contribution in [1.29, 1.82) is 0 Å². The van der Waals surface area contributed by atoms with Crippen LogP contribution in [0.5, 0.6) is 11.5 Å². The first-order valence-corrected chi connectivity index (χ1v) is 9.15. The zero-order chi connectivity index (χ0) is 19.4. The van der Waals surface area contributed by atoms with Gasteiger partial charge in [-0.3, -0.25) is 0 Å². The van der Waals surface area contributed by atoms with Gasteiger partial charge in [0.05, 0.1) is 0 Å². The van der Waals surface area contributed by atoms with E-state index in [1.807, 2.05) is 37.3 Å². The quantitative estimate of drug-likeness (QED) is 0.414. The number of hydrogen-bond acceptors (Lipinski definition) is 4. The number of anilines is 1. The maximum absolute atomic E-state index is 11.0. The van der Waals surface area contributed by atoms with E-state index in [4.69, 9.17) is 26.2 Å². The van der Waals surface area contributed by atoms with Crippen LogP contribution in [0.4, 0.5) is 10.5 Å². The summed E-state index contributed by atoms with van der Waals surface area (Å²) in [5.74, 6) is 1.17. The molecule has 1 heterocycles. The third kappa shape index (κ3) is 4.74. The lowest BCUT2D eigenvalue weighted by molar-refractivity contribution is 0.144. The second kappa shape index (κ2) is 8.35. The molecule has 6 heteroatoms. The predicted molar refractivity (Wildman–Crippen MR) is 106 cm³/mol. The summed E-state index contributed by atoms with van der Waals surface area (Å²) in [6, 6.07) is 11.1. The van der Waals surface area contributed by atoms with Gasteiger partial charge in [-0.15, -0.1) is 0 Å². The second-order valence-corrected chi connectivity index (χ2v) is 7.08. The Morgan fingerprint density at radius 3 is 2.85 bits per heavy atom. The molecular formula is C21H22ClNO4. The van der Waals surface area contributed by atoms with Gasteiger partial charge in [-0.1, -0.05) is 24.2 Å². The average Bonchev–Trinajstić information content (AvgIpc) is 2.61. The highest BCUT2D eigenvalue weighted by Crippen LogP contribution is 2.36. The summed E-state index contributed by atoms with van der Waals surface area (Å²) in [6.45, 7) is 7.70. The van der Waals surface area contributed by atoms with Gasteiger partial charge in [0.2, 0.25) is 0 Å². The molecule has 0 amide bonds. The third-order valence-corrected chi connectivity index (χ3v) is 4.59. The van der Waals surface area contributed by atoms with Crippen molar-refractivity contribution in [2.75, 3.05) is 18.1 Å². The van der Waals surface area contributed by atoms with Crippen molar-refractivity contribution in [3.05, 3.63) is 64.7 Å². The molecule has 142 valence electrons. The van der Waals surface area contributed by atoms with E-state index in [1.165, 1.54) is 0 Å². The van der Waals surface area contributed by atoms with Crippen LogP contribution in [0.25, 0.3) is 0 Å². The minimum atomic E-state index is -1.30. The van der Waals surface area contributed by atoms with Crippen molar-refractivity contribution in [3.63, 3.8) is 0 Å². The molecule has 0 aliphatic carbocycles. The van der Waals surface area contributed by atoms with E-state index in [-0.39, 0.29) is 0 Å². The number of ether oxygens (including phenoxy) is 2. The van der Waals surface area contributed by atoms with E-state index in [1.54, 1.807) is 6.07 Å². The molecule has 1 aliphatic rings. The fourth-order valence-electron chi connectivity index (χ4n) is 3.24. The van der Waals surface area contributed by atoms with E-state index in [9.17, 15) is 4.79 Å². The molecule has 0 saturated heterocycles. The molecule has 3 rings (SSSR count). The Balaban J connectivity index is 1.89. The van der Waals surface area contributed by atoms with Crippen molar-refractivity contribution in [3.8, 4) is 11.5 Å². The smallest absolute Gasteiger partial charge is 0.489 e. The van der Waals surface area contributed by atoms with Crippen LogP contribution in [-0.4, -0.2) is 24.4 Å². The maximum Gasteiger partial charge on any atom is 0.511 e. The Bertz CT molecular complexity index is 865. The Morgan fingerprint density at radius 1 is 1.30 bits per heavy atom. The monoisotopic (exact) mass is 387 g/mol. The Morgan fingerprint density at radius 2 is 2.11 bits per heavy atom. The zero-order valence-corrected chi connectivity index (χ0v) is 16.0. The largest absolute Gasteiger partial charge is 0.511 e. The lowest BCUT2D eigenvalue weighted by Crippen LogP contribution is -2.29. The summed E-state index contributed by atoms with van der Waals surface area (Å²) in [7, 11) is 0. The number of carbonyl (C=O) groups is 1. The lowest BCUT2D eigenvalue weighted by atomic mass is 9.99. The molecule has 2 aromatic carbocycles. The number of nitrogens with zero attached hydrogens (tertiary/aromatic N) is 1. The molecule has 0 fully saturated rings. The molecule has 5 nitrogen and oxygen atoms in total. The molecule has 1 N–H and O–H groups in total. The molecule has 0 atom stereocenters. The fourth-order valence-corrected chi connectivity index (χ4v) is 3.44. The number of carboxylic acid groups (broad SMARTS) is 1. The fraction of sp³-hybridized carbons (Fsp3) is 0.286. The molecule has 27 heavy (non-hydrogen) atoms. The summed E-state index contributed by atoms with van der Waals surface area (Å²) >= 11 is 6.20. The van der Waals surface area contributed by atoms with Crippen LogP contribution < -0.4 is 14.4 Å². The molecule has 2 aromatic rings. The highest BCUT2D eigenvalue weighted by atomic mass is 35.5. The van der Waals surface area contributed by atoms with Gasteiger partial charge in [0.1, 0.15) is 18.1 Å². The normalized spacial score (nSPS) is 13.0. The van der Waals surface area contributed by atoms with Crippen molar-refractivity contribution in [2.45, 2.75) is 26.3 Å². The van der Waals surface area contributed by atoms with Crippen molar-refractivity contribution in [1.82, 2.24) is 0 Å². The Labute approximate surface area is 163 Å². The summed E-state index contributed by atoms with van der Waals surface area (Å²) in [4.78, 5) is 13.2. The van der Waals surface area contributed by atoms with E-state index in [2.05, 4.69) is 11.5 Å². The Hall–Kier alpha value is -2.66. The van der Waals surface area contributed by atoms with Gasteiger partial charge in [0, 0.05) is 34.9 Å². The van der Waals surface area contributed by atoms with Gasteiger partial charge in [-0.2, -0.15) is 0 Å². The van der Waals surface area contributed by atoms with E-state index >= 15 is 0 Å². The summed E-state index contributed by atoms with van der Waals surface area (Å²) in [5, 5.41) is 9.61. The Kier molecular flexibility index (Phi) is 5.91. The van der Waals surface area contributed by atoms with Crippen LogP contribution in [0, 0.1) is 0 Å². The molecule has 0 unspecified atom stereocenters. The van der Waals surface area contributed by atoms with Gasteiger partial charge in [-0.05, 0) is 55.7 Å². The van der Waals surface area contributed by atoms with Crippen LogP contribution >= 0.6 is 11.6 Å².